The molecule has 1 nitrogen and oxygen atoms in total. The number of fused-ring (bicyclic) bond motifs is 2. The molecule has 0 bridgehead atoms. The van der Waals surface area contributed by atoms with Crippen molar-refractivity contribution in [3.8, 4) is 0 Å². The Balaban J connectivity index is 1.68. The van der Waals surface area contributed by atoms with E-state index in [1.807, 2.05) is 6.08 Å². The van der Waals surface area contributed by atoms with Gasteiger partial charge in [0.1, 0.15) is 0 Å². The van der Waals surface area contributed by atoms with Crippen molar-refractivity contribution in [1.29, 1.82) is 0 Å². The maximum atomic E-state index is 12.1. The summed E-state index contributed by atoms with van der Waals surface area (Å²) in [5.41, 5.74) is 2.24. The van der Waals surface area contributed by atoms with Gasteiger partial charge in [-0.2, -0.15) is 0 Å². The average Bonchev–Trinajstić information content (AvgIpc) is 3.00. The van der Waals surface area contributed by atoms with Crippen LogP contribution in [0.4, 0.5) is 0 Å². The van der Waals surface area contributed by atoms with Crippen LogP contribution in [0.5, 0.6) is 0 Å². The average molecular weight is 395 g/mol. The second-order valence-corrected chi connectivity index (χ2v) is 11.7. The second kappa shape index (κ2) is 7.24. The van der Waals surface area contributed by atoms with Gasteiger partial charge in [0.15, 0.2) is 5.78 Å². The van der Waals surface area contributed by atoms with Gasteiger partial charge in [-0.15, -0.1) is 0 Å². The summed E-state index contributed by atoms with van der Waals surface area (Å²) in [5, 5.41) is 0. The Bertz CT molecular complexity index is 754. The quantitative estimate of drug-likeness (QED) is 0.450. The molecule has 2 fully saturated rings. The molecule has 0 radical (unpaired) electrons. The van der Waals surface area contributed by atoms with E-state index in [1.165, 1.54) is 37.7 Å². The molecule has 0 aromatic rings. The van der Waals surface area contributed by atoms with Gasteiger partial charge in [0.2, 0.25) is 0 Å². The molecule has 0 aromatic heterocycles. The third-order valence-electron chi connectivity index (χ3n) is 10.2. The Kier molecular flexibility index (Phi) is 5.28. The first-order chi connectivity index (χ1) is 13.6. The van der Waals surface area contributed by atoms with Crippen molar-refractivity contribution >= 4 is 5.78 Å². The van der Waals surface area contributed by atoms with Gasteiger partial charge in [-0.25, -0.2) is 0 Å². The van der Waals surface area contributed by atoms with Gasteiger partial charge < -0.3 is 0 Å². The van der Waals surface area contributed by atoms with E-state index >= 15 is 0 Å². The summed E-state index contributed by atoms with van der Waals surface area (Å²) >= 11 is 0. The fraction of sp³-hybridized carbons (Fsp3) is 0.750. The Morgan fingerprint density at radius 2 is 1.79 bits per heavy atom. The van der Waals surface area contributed by atoms with Crippen LogP contribution in [0.25, 0.3) is 0 Å². The first kappa shape index (κ1) is 21.1. The molecule has 0 saturated heterocycles. The molecule has 160 valence electrons. The zero-order valence-corrected chi connectivity index (χ0v) is 19.6. The molecule has 7 atom stereocenters. The van der Waals surface area contributed by atoms with E-state index in [-0.39, 0.29) is 5.41 Å². The number of carbonyl (C=O) groups excluding carboxylic acids is 1. The lowest BCUT2D eigenvalue weighted by Crippen LogP contribution is -2.53. The van der Waals surface area contributed by atoms with Gasteiger partial charge in [0.25, 0.3) is 0 Å². The standard InChI is InChI=1S/C28H42O/c1-19(2)20(3)9-10-21(4)24-8-7-14-28-17-11-22-18-23(29)12-15-26(22,5)25(28)13-16-27(24,28)6/h9-11,17-21,24-25H,7-8,12-16H2,1-6H3/t20-,21+,24+,25+,26-,27+,28-/m0/s1. The molecular formula is C28H42O. The first-order valence-electron chi connectivity index (χ1n) is 12.3. The highest BCUT2D eigenvalue weighted by molar-refractivity contribution is 5.92. The van der Waals surface area contributed by atoms with Crippen molar-refractivity contribution in [2.75, 3.05) is 0 Å². The fourth-order valence-corrected chi connectivity index (χ4v) is 7.87. The molecule has 0 amide bonds. The highest BCUT2D eigenvalue weighted by atomic mass is 16.1. The number of rotatable bonds is 4. The highest BCUT2D eigenvalue weighted by Crippen LogP contribution is 2.73. The van der Waals surface area contributed by atoms with Crippen molar-refractivity contribution < 1.29 is 4.79 Å². The summed E-state index contributed by atoms with van der Waals surface area (Å²) in [6.07, 6.45) is 20.5. The van der Waals surface area contributed by atoms with E-state index in [2.05, 4.69) is 65.8 Å². The zero-order chi connectivity index (χ0) is 21.0. The maximum Gasteiger partial charge on any atom is 0.156 e. The van der Waals surface area contributed by atoms with Crippen LogP contribution < -0.4 is 0 Å². The zero-order valence-electron chi connectivity index (χ0n) is 19.6. The maximum absolute atomic E-state index is 12.1. The van der Waals surface area contributed by atoms with Gasteiger partial charge in [-0.1, -0.05) is 72.3 Å². The molecule has 29 heavy (non-hydrogen) atoms. The molecule has 4 aliphatic carbocycles. The number of hydrogen-bond donors (Lipinski definition) is 0. The van der Waals surface area contributed by atoms with Crippen LogP contribution in [-0.2, 0) is 4.79 Å². The Hall–Kier alpha value is -1.11. The highest BCUT2D eigenvalue weighted by Gasteiger charge is 2.66. The van der Waals surface area contributed by atoms with Crippen LogP contribution in [0.3, 0.4) is 0 Å². The third kappa shape index (κ3) is 3.05. The molecule has 0 N–H and O–H groups in total. The summed E-state index contributed by atoms with van der Waals surface area (Å²) in [6, 6.07) is 0. The number of ketones is 1. The third-order valence-corrected chi connectivity index (χ3v) is 10.2. The van der Waals surface area contributed by atoms with Crippen LogP contribution in [0, 0.1) is 45.8 Å². The summed E-state index contributed by atoms with van der Waals surface area (Å²) < 4.78 is 0. The van der Waals surface area contributed by atoms with Crippen molar-refractivity contribution in [3.63, 3.8) is 0 Å². The van der Waals surface area contributed by atoms with Crippen molar-refractivity contribution in [2.24, 2.45) is 45.8 Å². The van der Waals surface area contributed by atoms with E-state index < -0.39 is 0 Å². The van der Waals surface area contributed by atoms with E-state index in [4.69, 9.17) is 0 Å². The molecule has 0 unspecified atom stereocenters. The number of hydrogen-bond acceptors (Lipinski definition) is 1. The molecule has 1 spiro atoms. The van der Waals surface area contributed by atoms with Gasteiger partial charge in [-0.3, -0.25) is 4.79 Å². The lowest BCUT2D eigenvalue weighted by Gasteiger charge is -2.60. The molecule has 0 heterocycles. The molecule has 1 heteroatoms. The molecule has 0 aliphatic heterocycles. The largest absolute Gasteiger partial charge is 0.295 e. The monoisotopic (exact) mass is 394 g/mol. The minimum absolute atomic E-state index is 0.202. The Morgan fingerprint density at radius 1 is 1.03 bits per heavy atom. The Morgan fingerprint density at radius 3 is 2.52 bits per heavy atom. The molecule has 2 saturated carbocycles. The van der Waals surface area contributed by atoms with E-state index in [0.29, 0.717) is 40.3 Å². The Labute approximate surface area is 179 Å². The molecule has 0 aromatic carbocycles. The van der Waals surface area contributed by atoms with Crippen LogP contribution in [-0.4, -0.2) is 5.78 Å². The fourth-order valence-electron chi connectivity index (χ4n) is 7.87. The lowest BCUT2D eigenvalue weighted by atomic mass is 9.44. The molecule has 4 aliphatic rings. The molecule has 4 rings (SSSR count). The van der Waals surface area contributed by atoms with E-state index in [0.717, 1.165) is 18.8 Å². The predicted molar refractivity (Wildman–Crippen MR) is 122 cm³/mol. The smallest absolute Gasteiger partial charge is 0.156 e. The van der Waals surface area contributed by atoms with Crippen molar-refractivity contribution in [3.05, 3.63) is 36.0 Å². The number of carbonyl (C=O) groups is 1. The van der Waals surface area contributed by atoms with Crippen molar-refractivity contribution in [2.45, 2.75) is 86.5 Å². The SMILES string of the molecule is CC(C)[C@@H](C)C=C[C@@H](C)[C@H]1CCC[C@]23C=CC4=CC(=O)CC[C@]4(C)[C@H]2CC[C@]13C. The first-order valence-corrected chi connectivity index (χ1v) is 12.3. The topological polar surface area (TPSA) is 17.1 Å². The summed E-state index contributed by atoms with van der Waals surface area (Å²) in [6.45, 7) is 14.6. The van der Waals surface area contributed by atoms with Crippen molar-refractivity contribution in [1.82, 2.24) is 0 Å². The van der Waals surface area contributed by atoms with E-state index in [9.17, 15) is 4.79 Å². The normalized spacial score (nSPS) is 43.7. The van der Waals surface area contributed by atoms with Gasteiger partial charge >= 0.3 is 0 Å². The summed E-state index contributed by atoms with van der Waals surface area (Å²) in [7, 11) is 0. The van der Waals surface area contributed by atoms with Gasteiger partial charge in [0, 0.05) is 6.42 Å². The van der Waals surface area contributed by atoms with Crippen LogP contribution in [0.15, 0.2) is 36.0 Å². The summed E-state index contributed by atoms with van der Waals surface area (Å²) in [4.78, 5) is 12.1. The van der Waals surface area contributed by atoms with Gasteiger partial charge in [0.05, 0.1) is 0 Å². The van der Waals surface area contributed by atoms with Crippen LogP contribution >= 0.6 is 0 Å². The second-order valence-electron chi connectivity index (χ2n) is 11.7. The van der Waals surface area contributed by atoms with E-state index in [1.54, 1.807) is 0 Å². The number of allylic oxidation sites excluding steroid dienone is 6. The summed E-state index contributed by atoms with van der Waals surface area (Å²) in [5.74, 6) is 3.81. The minimum atomic E-state index is 0.202. The van der Waals surface area contributed by atoms with Gasteiger partial charge in [-0.05, 0) is 89.6 Å². The molecular weight excluding hydrogens is 352 g/mol. The van der Waals surface area contributed by atoms with Crippen LogP contribution in [0.2, 0.25) is 0 Å². The predicted octanol–water partition coefficient (Wildman–Crippen LogP) is 7.54. The van der Waals surface area contributed by atoms with Crippen LogP contribution in [0.1, 0.15) is 86.5 Å². The lowest BCUT2D eigenvalue weighted by molar-refractivity contribution is -0.116. The minimum Gasteiger partial charge on any atom is -0.295 e.